The normalized spacial score (nSPS) is 10.5. The fourth-order valence-electron chi connectivity index (χ4n) is 1.03. The van der Waals surface area contributed by atoms with Gasteiger partial charge in [0.25, 0.3) is 17.6 Å². The zero-order chi connectivity index (χ0) is 11.0. The summed E-state index contributed by atoms with van der Waals surface area (Å²) < 4.78 is 4.87. The van der Waals surface area contributed by atoms with Gasteiger partial charge in [0.1, 0.15) is 4.88 Å². The quantitative estimate of drug-likeness (QED) is 0.783. The van der Waals surface area contributed by atoms with Crippen molar-refractivity contribution in [2.45, 2.75) is 6.92 Å². The SMILES string of the molecule is Cc1csc(-c2nc(C(N)=O)no2)c1N. The molecule has 0 aliphatic rings. The smallest absolute Gasteiger partial charge is 0.290 e. The van der Waals surface area contributed by atoms with Crippen molar-refractivity contribution >= 4 is 22.9 Å². The first-order chi connectivity index (χ1) is 7.09. The van der Waals surface area contributed by atoms with E-state index in [-0.39, 0.29) is 11.7 Å². The molecule has 78 valence electrons. The first-order valence-electron chi connectivity index (χ1n) is 4.07. The van der Waals surface area contributed by atoms with Crippen LogP contribution in [-0.2, 0) is 0 Å². The molecule has 0 bridgehead atoms. The van der Waals surface area contributed by atoms with Crippen LogP contribution in [0.4, 0.5) is 5.69 Å². The molecule has 0 aliphatic carbocycles. The molecule has 2 rings (SSSR count). The molecule has 0 saturated heterocycles. The lowest BCUT2D eigenvalue weighted by Gasteiger charge is -1.91. The third-order valence-electron chi connectivity index (χ3n) is 1.86. The highest BCUT2D eigenvalue weighted by atomic mass is 32.1. The van der Waals surface area contributed by atoms with Crippen molar-refractivity contribution in [2.75, 3.05) is 5.73 Å². The van der Waals surface area contributed by atoms with Crippen LogP contribution in [0, 0.1) is 6.92 Å². The Labute approximate surface area is 88.9 Å². The Kier molecular flexibility index (Phi) is 2.16. The van der Waals surface area contributed by atoms with Crippen molar-refractivity contribution in [3.63, 3.8) is 0 Å². The Hall–Kier alpha value is -1.89. The average molecular weight is 224 g/mol. The van der Waals surface area contributed by atoms with Crippen LogP contribution in [0.1, 0.15) is 16.2 Å². The number of primary amides is 1. The topological polar surface area (TPSA) is 108 Å². The Bertz CT molecular complexity index is 516. The third kappa shape index (κ3) is 1.57. The summed E-state index contributed by atoms with van der Waals surface area (Å²) in [6, 6.07) is 0. The summed E-state index contributed by atoms with van der Waals surface area (Å²) >= 11 is 1.38. The number of anilines is 1. The van der Waals surface area contributed by atoms with E-state index in [9.17, 15) is 4.79 Å². The number of aromatic nitrogens is 2. The van der Waals surface area contributed by atoms with E-state index in [1.807, 2.05) is 12.3 Å². The standard InChI is InChI=1S/C8H8N4O2S/c1-3-2-15-5(4(3)9)8-11-7(6(10)13)12-14-8/h2H,9H2,1H3,(H2,10,13). The molecule has 0 fully saturated rings. The van der Waals surface area contributed by atoms with E-state index in [2.05, 4.69) is 10.1 Å². The molecule has 4 N–H and O–H groups in total. The second kappa shape index (κ2) is 3.35. The van der Waals surface area contributed by atoms with Crippen LogP contribution in [0.25, 0.3) is 10.8 Å². The van der Waals surface area contributed by atoms with Crippen molar-refractivity contribution in [1.82, 2.24) is 10.1 Å². The largest absolute Gasteiger partial charge is 0.397 e. The maximum atomic E-state index is 10.7. The summed E-state index contributed by atoms with van der Waals surface area (Å²) in [6.07, 6.45) is 0. The Morgan fingerprint density at radius 3 is 2.80 bits per heavy atom. The Morgan fingerprint density at radius 1 is 1.60 bits per heavy atom. The number of thiophene rings is 1. The number of rotatable bonds is 2. The lowest BCUT2D eigenvalue weighted by Crippen LogP contribution is -2.12. The van der Waals surface area contributed by atoms with Gasteiger partial charge in [0.05, 0.1) is 5.69 Å². The third-order valence-corrected chi connectivity index (χ3v) is 2.97. The van der Waals surface area contributed by atoms with Crippen LogP contribution in [0.15, 0.2) is 9.90 Å². The molecule has 1 amide bonds. The molecular weight excluding hydrogens is 216 g/mol. The fourth-order valence-corrected chi connectivity index (χ4v) is 1.93. The first kappa shape index (κ1) is 9.66. The highest BCUT2D eigenvalue weighted by molar-refractivity contribution is 7.14. The van der Waals surface area contributed by atoms with Crippen LogP contribution in [0.5, 0.6) is 0 Å². The van der Waals surface area contributed by atoms with E-state index in [1.54, 1.807) is 0 Å². The molecule has 0 atom stereocenters. The summed E-state index contributed by atoms with van der Waals surface area (Å²) in [5, 5.41) is 5.31. The van der Waals surface area contributed by atoms with Crippen molar-refractivity contribution in [2.24, 2.45) is 5.73 Å². The van der Waals surface area contributed by atoms with Crippen LogP contribution < -0.4 is 11.5 Å². The predicted molar refractivity (Wildman–Crippen MR) is 55.3 cm³/mol. The van der Waals surface area contributed by atoms with E-state index < -0.39 is 5.91 Å². The van der Waals surface area contributed by atoms with Crippen LogP contribution in [0.2, 0.25) is 0 Å². The zero-order valence-electron chi connectivity index (χ0n) is 7.85. The number of carbonyl (C=O) groups is 1. The summed E-state index contributed by atoms with van der Waals surface area (Å²) in [5.74, 6) is -0.647. The zero-order valence-corrected chi connectivity index (χ0v) is 8.67. The second-order valence-corrected chi connectivity index (χ2v) is 3.83. The van der Waals surface area contributed by atoms with Crippen LogP contribution in [0.3, 0.4) is 0 Å². The number of amides is 1. The molecular formula is C8H8N4O2S. The van der Waals surface area contributed by atoms with E-state index in [0.29, 0.717) is 10.6 Å². The molecule has 2 aromatic heterocycles. The summed E-state index contributed by atoms with van der Waals surface area (Å²) in [5.41, 5.74) is 12.3. The number of nitrogen functional groups attached to an aromatic ring is 1. The van der Waals surface area contributed by atoms with Gasteiger partial charge in [0.15, 0.2) is 0 Å². The molecule has 7 heteroatoms. The molecule has 0 saturated carbocycles. The van der Waals surface area contributed by atoms with Gasteiger partial charge in [-0.05, 0) is 17.9 Å². The van der Waals surface area contributed by atoms with Crippen LogP contribution in [-0.4, -0.2) is 16.0 Å². The van der Waals surface area contributed by atoms with E-state index in [0.717, 1.165) is 5.56 Å². The minimum absolute atomic E-state index is 0.143. The maximum absolute atomic E-state index is 10.7. The number of aryl methyl sites for hydroxylation is 1. The average Bonchev–Trinajstić information content (AvgIpc) is 2.76. The van der Waals surface area contributed by atoms with Gasteiger partial charge in [-0.1, -0.05) is 5.16 Å². The van der Waals surface area contributed by atoms with Gasteiger partial charge in [0, 0.05) is 0 Å². The number of carbonyl (C=O) groups excluding carboxylic acids is 1. The molecule has 6 nitrogen and oxygen atoms in total. The minimum atomic E-state index is -0.725. The first-order valence-corrected chi connectivity index (χ1v) is 4.95. The van der Waals surface area contributed by atoms with Gasteiger partial charge in [-0.25, -0.2) is 0 Å². The summed E-state index contributed by atoms with van der Waals surface area (Å²) in [6.45, 7) is 1.88. The summed E-state index contributed by atoms with van der Waals surface area (Å²) in [7, 11) is 0. The maximum Gasteiger partial charge on any atom is 0.290 e. The molecule has 2 heterocycles. The molecule has 0 radical (unpaired) electrons. The Morgan fingerprint density at radius 2 is 2.33 bits per heavy atom. The van der Waals surface area contributed by atoms with Gasteiger partial charge in [0.2, 0.25) is 0 Å². The van der Waals surface area contributed by atoms with Crippen LogP contribution >= 0.6 is 11.3 Å². The van der Waals surface area contributed by atoms with Crippen molar-refractivity contribution in [1.29, 1.82) is 0 Å². The lowest BCUT2D eigenvalue weighted by atomic mass is 10.3. The number of hydrogen-bond donors (Lipinski definition) is 2. The molecule has 0 aliphatic heterocycles. The monoisotopic (exact) mass is 224 g/mol. The van der Waals surface area contributed by atoms with E-state index in [4.69, 9.17) is 16.0 Å². The predicted octanol–water partition coefficient (Wildman–Crippen LogP) is 0.788. The molecule has 15 heavy (non-hydrogen) atoms. The lowest BCUT2D eigenvalue weighted by molar-refractivity contribution is 0.0987. The number of hydrogen-bond acceptors (Lipinski definition) is 6. The second-order valence-electron chi connectivity index (χ2n) is 2.95. The van der Waals surface area contributed by atoms with Gasteiger partial charge >= 0.3 is 0 Å². The van der Waals surface area contributed by atoms with E-state index in [1.165, 1.54) is 11.3 Å². The molecule has 2 aromatic rings. The van der Waals surface area contributed by atoms with E-state index >= 15 is 0 Å². The van der Waals surface area contributed by atoms with Gasteiger partial charge < -0.3 is 16.0 Å². The highest BCUT2D eigenvalue weighted by Gasteiger charge is 2.17. The minimum Gasteiger partial charge on any atom is -0.397 e. The number of nitrogens with two attached hydrogens (primary N) is 2. The molecule has 0 aromatic carbocycles. The van der Waals surface area contributed by atoms with Crippen molar-refractivity contribution in [3.05, 3.63) is 16.8 Å². The fraction of sp³-hybridized carbons (Fsp3) is 0.125. The molecule has 0 unspecified atom stereocenters. The highest BCUT2D eigenvalue weighted by Crippen LogP contribution is 2.33. The van der Waals surface area contributed by atoms with Gasteiger partial charge in [-0.3, -0.25) is 4.79 Å². The summed E-state index contributed by atoms with van der Waals surface area (Å²) in [4.78, 5) is 15.2. The molecule has 0 spiro atoms. The van der Waals surface area contributed by atoms with Crippen molar-refractivity contribution < 1.29 is 9.32 Å². The van der Waals surface area contributed by atoms with Gasteiger partial charge in [-0.2, -0.15) is 4.98 Å². The van der Waals surface area contributed by atoms with Gasteiger partial charge in [-0.15, -0.1) is 11.3 Å². The Balaban J connectivity index is 2.46. The number of nitrogens with zero attached hydrogens (tertiary/aromatic N) is 2. The van der Waals surface area contributed by atoms with Crippen molar-refractivity contribution in [3.8, 4) is 10.8 Å².